The van der Waals surface area contributed by atoms with Crippen molar-refractivity contribution in [2.45, 2.75) is 11.3 Å². The summed E-state index contributed by atoms with van der Waals surface area (Å²) in [7, 11) is -2.43. The number of sulfonamides is 1. The molecule has 0 aliphatic heterocycles. The van der Waals surface area contributed by atoms with Crippen LogP contribution >= 0.6 is 11.6 Å². The van der Waals surface area contributed by atoms with Gasteiger partial charge in [0.25, 0.3) is 0 Å². The maximum atomic E-state index is 11.9. The molecule has 0 aliphatic rings. The van der Waals surface area contributed by atoms with Crippen molar-refractivity contribution in [3.8, 4) is 0 Å². The van der Waals surface area contributed by atoms with Gasteiger partial charge in [0.05, 0.1) is 11.4 Å². The molecule has 6 nitrogen and oxygen atoms in total. The van der Waals surface area contributed by atoms with Crippen LogP contribution in [0.25, 0.3) is 0 Å². The van der Waals surface area contributed by atoms with E-state index in [1.807, 2.05) is 0 Å². The summed E-state index contributed by atoms with van der Waals surface area (Å²) in [6, 6.07) is 1.27. The minimum atomic E-state index is -3.73. The lowest BCUT2D eigenvalue weighted by Crippen LogP contribution is -2.29. The van der Waals surface area contributed by atoms with Gasteiger partial charge in [0.1, 0.15) is 4.90 Å². The SMILES string of the molecule is CN(CCC(=O)O)S(=O)(=O)c1cncc(Cl)c1. The molecule has 1 N–H and O–H groups in total. The van der Waals surface area contributed by atoms with E-state index in [2.05, 4.69) is 4.98 Å². The first-order chi connectivity index (χ1) is 7.84. The van der Waals surface area contributed by atoms with Gasteiger partial charge in [-0.05, 0) is 6.07 Å². The van der Waals surface area contributed by atoms with Crippen molar-refractivity contribution in [2.75, 3.05) is 13.6 Å². The molecule has 0 bridgehead atoms. The van der Waals surface area contributed by atoms with Crippen molar-refractivity contribution >= 4 is 27.6 Å². The maximum absolute atomic E-state index is 11.9. The molecule has 17 heavy (non-hydrogen) atoms. The molecule has 0 saturated carbocycles. The van der Waals surface area contributed by atoms with E-state index >= 15 is 0 Å². The van der Waals surface area contributed by atoms with E-state index in [0.717, 1.165) is 4.31 Å². The number of nitrogens with zero attached hydrogens (tertiary/aromatic N) is 2. The number of halogens is 1. The predicted molar refractivity (Wildman–Crippen MR) is 61.3 cm³/mol. The van der Waals surface area contributed by atoms with Crippen molar-refractivity contribution in [1.82, 2.24) is 9.29 Å². The van der Waals surface area contributed by atoms with Gasteiger partial charge in [-0.25, -0.2) is 12.7 Å². The van der Waals surface area contributed by atoms with Gasteiger partial charge in [0.15, 0.2) is 0 Å². The van der Waals surface area contributed by atoms with Crippen LogP contribution < -0.4 is 0 Å². The van der Waals surface area contributed by atoms with E-state index in [-0.39, 0.29) is 22.9 Å². The fourth-order valence-corrected chi connectivity index (χ4v) is 2.49. The summed E-state index contributed by atoms with van der Waals surface area (Å²) in [5, 5.41) is 8.69. The molecule has 0 fully saturated rings. The van der Waals surface area contributed by atoms with Crippen molar-refractivity contribution in [3.63, 3.8) is 0 Å². The molecular weight excluding hydrogens is 268 g/mol. The molecule has 0 aromatic carbocycles. The number of aromatic nitrogens is 1. The Balaban J connectivity index is 2.91. The van der Waals surface area contributed by atoms with Crippen molar-refractivity contribution in [3.05, 3.63) is 23.5 Å². The standard InChI is InChI=1S/C9H11ClN2O4S/c1-12(3-2-9(13)14)17(15,16)8-4-7(10)5-11-6-8/h4-6H,2-3H2,1H3,(H,13,14). The zero-order valence-corrected chi connectivity index (χ0v) is 10.6. The van der Waals surface area contributed by atoms with Crippen LogP contribution in [0.2, 0.25) is 5.02 Å². The van der Waals surface area contributed by atoms with Crippen LogP contribution in [0.5, 0.6) is 0 Å². The lowest BCUT2D eigenvalue weighted by atomic mass is 10.4. The minimum absolute atomic E-state index is 0.0575. The lowest BCUT2D eigenvalue weighted by Gasteiger charge is -2.15. The Hall–Kier alpha value is -1.18. The molecule has 1 aromatic rings. The number of aliphatic carboxylic acids is 1. The summed E-state index contributed by atoms with van der Waals surface area (Å²) in [5.74, 6) is -1.06. The lowest BCUT2D eigenvalue weighted by molar-refractivity contribution is -0.137. The molecule has 1 rings (SSSR count). The van der Waals surface area contributed by atoms with Gasteiger partial charge in [-0.2, -0.15) is 0 Å². The molecule has 0 unspecified atom stereocenters. The van der Waals surface area contributed by atoms with Crippen LogP contribution in [0.4, 0.5) is 0 Å². The predicted octanol–water partition coefficient (Wildman–Crippen LogP) is 0.830. The third-order valence-corrected chi connectivity index (χ3v) is 4.06. The molecule has 0 radical (unpaired) electrons. The van der Waals surface area contributed by atoms with Gasteiger partial charge in [0.2, 0.25) is 10.0 Å². The number of carboxylic acid groups (broad SMARTS) is 1. The first-order valence-electron chi connectivity index (χ1n) is 4.62. The molecule has 0 aliphatic carbocycles. The monoisotopic (exact) mass is 278 g/mol. The molecular formula is C9H11ClN2O4S. The third kappa shape index (κ3) is 3.65. The van der Waals surface area contributed by atoms with Gasteiger partial charge in [-0.1, -0.05) is 11.6 Å². The molecule has 1 heterocycles. The summed E-state index contributed by atoms with van der Waals surface area (Å²) in [5.41, 5.74) is 0. The van der Waals surface area contributed by atoms with Gasteiger partial charge < -0.3 is 5.11 Å². The second-order valence-corrected chi connectivity index (χ2v) is 5.79. The summed E-state index contributed by atoms with van der Waals surface area (Å²) in [4.78, 5) is 14.0. The molecule has 0 spiro atoms. The van der Waals surface area contributed by atoms with E-state index in [0.29, 0.717) is 0 Å². The van der Waals surface area contributed by atoms with Crippen LogP contribution in [-0.2, 0) is 14.8 Å². The van der Waals surface area contributed by atoms with Crippen LogP contribution in [0.15, 0.2) is 23.4 Å². The van der Waals surface area contributed by atoms with Gasteiger partial charge in [-0.3, -0.25) is 9.78 Å². The van der Waals surface area contributed by atoms with Gasteiger partial charge >= 0.3 is 5.97 Å². The van der Waals surface area contributed by atoms with Crippen molar-refractivity contribution in [1.29, 1.82) is 0 Å². The Morgan fingerprint density at radius 1 is 1.53 bits per heavy atom. The molecule has 0 atom stereocenters. The highest BCUT2D eigenvalue weighted by molar-refractivity contribution is 7.89. The zero-order valence-electron chi connectivity index (χ0n) is 9.00. The molecule has 94 valence electrons. The Labute approximate surface area is 104 Å². The fourth-order valence-electron chi connectivity index (χ4n) is 1.09. The summed E-state index contributed by atoms with van der Waals surface area (Å²) in [6.07, 6.45) is 2.22. The van der Waals surface area contributed by atoms with Crippen molar-refractivity contribution < 1.29 is 18.3 Å². The highest BCUT2D eigenvalue weighted by atomic mass is 35.5. The number of hydrogen-bond acceptors (Lipinski definition) is 4. The second kappa shape index (κ2) is 5.44. The summed E-state index contributed by atoms with van der Waals surface area (Å²) < 4.78 is 24.8. The Morgan fingerprint density at radius 2 is 2.18 bits per heavy atom. The maximum Gasteiger partial charge on any atom is 0.304 e. The van der Waals surface area contributed by atoms with Crippen LogP contribution in [0, 0.1) is 0 Å². The average molecular weight is 279 g/mol. The number of hydrogen-bond donors (Lipinski definition) is 1. The summed E-state index contributed by atoms with van der Waals surface area (Å²) in [6.45, 7) is -0.107. The first kappa shape index (κ1) is 13.9. The zero-order chi connectivity index (χ0) is 13.1. The smallest absolute Gasteiger partial charge is 0.304 e. The highest BCUT2D eigenvalue weighted by Crippen LogP contribution is 2.17. The molecule has 0 saturated heterocycles. The van der Waals surface area contributed by atoms with Crippen LogP contribution in [0.3, 0.4) is 0 Å². The normalized spacial score (nSPS) is 11.7. The molecule has 8 heteroatoms. The van der Waals surface area contributed by atoms with E-state index in [9.17, 15) is 13.2 Å². The average Bonchev–Trinajstić information content (AvgIpc) is 2.25. The second-order valence-electron chi connectivity index (χ2n) is 3.31. The van der Waals surface area contributed by atoms with E-state index < -0.39 is 16.0 Å². The number of carboxylic acids is 1. The third-order valence-electron chi connectivity index (χ3n) is 2.03. The molecule has 0 amide bonds. The number of pyridine rings is 1. The topological polar surface area (TPSA) is 87.6 Å². The fraction of sp³-hybridized carbons (Fsp3) is 0.333. The Morgan fingerprint density at radius 3 is 2.71 bits per heavy atom. The Kier molecular flexibility index (Phi) is 4.44. The van der Waals surface area contributed by atoms with Gasteiger partial charge in [-0.15, -0.1) is 0 Å². The first-order valence-corrected chi connectivity index (χ1v) is 6.44. The largest absolute Gasteiger partial charge is 0.481 e. The van der Waals surface area contributed by atoms with Crippen LogP contribution in [-0.4, -0.2) is 42.4 Å². The molecule has 1 aromatic heterocycles. The highest BCUT2D eigenvalue weighted by Gasteiger charge is 2.21. The van der Waals surface area contributed by atoms with Crippen molar-refractivity contribution in [2.24, 2.45) is 0 Å². The quantitative estimate of drug-likeness (QED) is 0.862. The number of rotatable bonds is 5. The van der Waals surface area contributed by atoms with Gasteiger partial charge in [0, 0.05) is 26.0 Å². The summed E-state index contributed by atoms with van der Waals surface area (Å²) >= 11 is 5.64. The van der Waals surface area contributed by atoms with Crippen LogP contribution in [0.1, 0.15) is 6.42 Å². The van der Waals surface area contributed by atoms with E-state index in [1.54, 1.807) is 0 Å². The Bertz CT molecular complexity index is 517. The number of carbonyl (C=O) groups is 1. The minimum Gasteiger partial charge on any atom is -0.481 e. The van der Waals surface area contributed by atoms with E-state index in [1.165, 1.54) is 25.5 Å². The van der Waals surface area contributed by atoms with E-state index in [4.69, 9.17) is 16.7 Å².